The van der Waals surface area contributed by atoms with Crippen molar-refractivity contribution >= 4 is 29.4 Å². The maximum absolute atomic E-state index is 13.7. The molecule has 40 heavy (non-hydrogen) atoms. The molecule has 1 aliphatic rings. The average molecular weight is 560 g/mol. The zero-order chi connectivity index (χ0) is 28.9. The van der Waals surface area contributed by atoms with E-state index in [1.807, 2.05) is 67.8 Å². The smallest absolute Gasteiger partial charge is 0.415 e. The number of carbonyl (C=O) groups excluding carboxylic acids is 3. The minimum atomic E-state index is -0.893. The number of hydrogen-bond donors (Lipinski definition) is 0. The Morgan fingerprint density at radius 2 is 1.68 bits per heavy atom. The van der Waals surface area contributed by atoms with Crippen LogP contribution in [0.1, 0.15) is 48.7 Å². The number of likely N-dealkylation sites (tertiary alicyclic amines) is 1. The summed E-state index contributed by atoms with van der Waals surface area (Å²) in [6.45, 7) is 7.81. The van der Waals surface area contributed by atoms with Gasteiger partial charge in [-0.3, -0.25) is 9.59 Å². The van der Waals surface area contributed by atoms with Crippen LogP contribution in [-0.4, -0.2) is 47.5 Å². The largest absolute Gasteiger partial charge is 0.480 e. The molecule has 1 fully saturated rings. The number of thioether (sulfide) groups is 1. The molecule has 0 spiro atoms. The second kappa shape index (κ2) is 12.7. The summed E-state index contributed by atoms with van der Waals surface area (Å²) in [5.41, 5.74) is 1.84. The standard InChI is InChI=1S/C33H37NO5S/c1-22-19-24(12-18-30(22)39-33(3,4)23(2)35)11-13-26-20-34(32(37)38-27-9-7-6-8-10-27)21-29(26)31(36)25-14-16-28(40-5)17-15-25/h6-10,12,14-19,26,29H,11,13,20-21H2,1-5H3/t26-,29-/m0/s1. The van der Waals surface area contributed by atoms with Crippen molar-refractivity contribution in [1.29, 1.82) is 0 Å². The van der Waals surface area contributed by atoms with Crippen molar-refractivity contribution in [3.63, 3.8) is 0 Å². The van der Waals surface area contributed by atoms with Gasteiger partial charge < -0.3 is 14.4 Å². The van der Waals surface area contributed by atoms with E-state index in [9.17, 15) is 14.4 Å². The Hall–Kier alpha value is -3.58. The molecule has 0 aliphatic carbocycles. The van der Waals surface area contributed by atoms with E-state index in [0.29, 0.717) is 30.2 Å². The summed E-state index contributed by atoms with van der Waals surface area (Å²) in [7, 11) is 0. The number of rotatable bonds is 10. The van der Waals surface area contributed by atoms with Crippen molar-refractivity contribution in [1.82, 2.24) is 4.90 Å². The van der Waals surface area contributed by atoms with Gasteiger partial charge in [0.2, 0.25) is 0 Å². The molecule has 210 valence electrons. The zero-order valence-corrected chi connectivity index (χ0v) is 24.6. The van der Waals surface area contributed by atoms with E-state index >= 15 is 0 Å². The van der Waals surface area contributed by atoms with Crippen LogP contribution in [0.3, 0.4) is 0 Å². The molecule has 0 radical (unpaired) electrons. The van der Waals surface area contributed by atoms with E-state index in [0.717, 1.165) is 28.9 Å². The lowest BCUT2D eigenvalue weighted by Gasteiger charge is -2.25. The highest BCUT2D eigenvalue weighted by molar-refractivity contribution is 7.98. The molecule has 1 amide bonds. The van der Waals surface area contributed by atoms with Gasteiger partial charge in [0, 0.05) is 29.5 Å². The molecule has 4 rings (SSSR count). The van der Waals surface area contributed by atoms with Gasteiger partial charge in [0.1, 0.15) is 11.5 Å². The topological polar surface area (TPSA) is 72.9 Å². The molecule has 1 aliphatic heterocycles. The number of nitrogens with zero attached hydrogens (tertiary/aromatic N) is 1. The van der Waals surface area contributed by atoms with Crippen LogP contribution in [0.15, 0.2) is 77.7 Å². The maximum Gasteiger partial charge on any atom is 0.415 e. The van der Waals surface area contributed by atoms with E-state index < -0.39 is 11.7 Å². The monoisotopic (exact) mass is 559 g/mol. The van der Waals surface area contributed by atoms with Gasteiger partial charge in [-0.25, -0.2) is 4.79 Å². The van der Waals surface area contributed by atoms with Gasteiger partial charge in [-0.1, -0.05) is 42.5 Å². The third-order valence-corrected chi connectivity index (χ3v) is 8.36. The summed E-state index contributed by atoms with van der Waals surface area (Å²) >= 11 is 1.63. The molecule has 2 atom stereocenters. The summed E-state index contributed by atoms with van der Waals surface area (Å²) in [5.74, 6) is 0.858. The van der Waals surface area contributed by atoms with Crippen LogP contribution in [0, 0.1) is 18.8 Å². The lowest BCUT2D eigenvalue weighted by atomic mass is 9.84. The highest BCUT2D eigenvalue weighted by Gasteiger charge is 2.40. The Kier molecular flexibility index (Phi) is 9.36. The van der Waals surface area contributed by atoms with Crippen LogP contribution >= 0.6 is 11.8 Å². The number of para-hydroxylation sites is 1. The number of ether oxygens (including phenoxy) is 2. The first-order valence-electron chi connectivity index (χ1n) is 13.6. The molecule has 1 heterocycles. The SMILES string of the molecule is CSc1ccc(C(=O)[C@H]2CN(C(=O)Oc3ccccc3)C[C@@H]2CCc2ccc(OC(C)(C)C(C)=O)c(C)c2)cc1. The summed E-state index contributed by atoms with van der Waals surface area (Å²) in [4.78, 5) is 41.3. The van der Waals surface area contributed by atoms with Crippen LogP contribution in [0.25, 0.3) is 0 Å². The third kappa shape index (κ3) is 7.13. The van der Waals surface area contributed by atoms with Crippen molar-refractivity contribution in [2.75, 3.05) is 19.3 Å². The zero-order valence-electron chi connectivity index (χ0n) is 23.8. The number of benzene rings is 3. The third-order valence-electron chi connectivity index (χ3n) is 7.61. The summed E-state index contributed by atoms with van der Waals surface area (Å²) in [5, 5.41) is 0. The maximum atomic E-state index is 13.7. The molecule has 0 saturated carbocycles. The number of amides is 1. The van der Waals surface area contributed by atoms with Crippen molar-refractivity contribution in [2.24, 2.45) is 11.8 Å². The fourth-order valence-corrected chi connectivity index (χ4v) is 5.32. The first kappa shape index (κ1) is 29.4. The van der Waals surface area contributed by atoms with Gasteiger partial charge in [-0.15, -0.1) is 11.8 Å². The van der Waals surface area contributed by atoms with Crippen molar-refractivity contribution in [3.05, 3.63) is 89.5 Å². The Bertz CT molecular complexity index is 1350. The van der Waals surface area contributed by atoms with E-state index in [4.69, 9.17) is 9.47 Å². The van der Waals surface area contributed by atoms with Crippen LogP contribution in [0.5, 0.6) is 11.5 Å². The number of hydrogen-bond acceptors (Lipinski definition) is 6. The lowest BCUT2D eigenvalue weighted by molar-refractivity contribution is -0.129. The molecule has 0 bridgehead atoms. The number of ketones is 2. The van der Waals surface area contributed by atoms with Crippen LogP contribution < -0.4 is 9.47 Å². The van der Waals surface area contributed by atoms with Crippen molar-refractivity contribution in [3.8, 4) is 11.5 Å². The summed E-state index contributed by atoms with van der Waals surface area (Å²) in [6.07, 6.45) is 3.06. The van der Waals surface area contributed by atoms with Crippen molar-refractivity contribution < 1.29 is 23.9 Å². The molecule has 3 aromatic rings. The van der Waals surface area contributed by atoms with Crippen molar-refractivity contribution in [2.45, 2.75) is 51.0 Å². The minimum Gasteiger partial charge on any atom is -0.480 e. The molecule has 1 saturated heterocycles. The van der Waals surface area contributed by atoms with E-state index in [1.165, 1.54) is 6.92 Å². The van der Waals surface area contributed by atoms with Gasteiger partial charge in [-0.05, 0) is 94.2 Å². The Morgan fingerprint density at radius 1 is 0.975 bits per heavy atom. The second-order valence-corrected chi connectivity index (χ2v) is 11.7. The van der Waals surface area contributed by atoms with Gasteiger partial charge in [0.05, 0.1) is 0 Å². The van der Waals surface area contributed by atoms with Gasteiger partial charge in [0.15, 0.2) is 17.2 Å². The highest BCUT2D eigenvalue weighted by atomic mass is 32.2. The molecule has 0 aromatic heterocycles. The first-order chi connectivity index (χ1) is 19.1. The van der Waals surface area contributed by atoms with E-state index in [1.54, 1.807) is 42.6 Å². The minimum absolute atomic E-state index is 0.0103. The molecule has 3 aromatic carbocycles. The number of carbonyl (C=O) groups is 3. The lowest BCUT2D eigenvalue weighted by Crippen LogP contribution is -2.36. The van der Waals surface area contributed by atoms with E-state index in [-0.39, 0.29) is 23.4 Å². The fourth-order valence-electron chi connectivity index (χ4n) is 4.91. The van der Waals surface area contributed by atoms with Gasteiger partial charge in [0.25, 0.3) is 0 Å². The Balaban J connectivity index is 1.49. The quantitative estimate of drug-likeness (QED) is 0.196. The predicted molar refractivity (Wildman–Crippen MR) is 158 cm³/mol. The van der Waals surface area contributed by atoms with Gasteiger partial charge >= 0.3 is 6.09 Å². The highest BCUT2D eigenvalue weighted by Crippen LogP contribution is 2.33. The average Bonchev–Trinajstić information content (AvgIpc) is 3.38. The summed E-state index contributed by atoms with van der Waals surface area (Å²) in [6, 6.07) is 22.6. The molecule has 0 unspecified atom stereocenters. The molecule has 7 heteroatoms. The van der Waals surface area contributed by atoms with E-state index in [2.05, 4.69) is 6.07 Å². The normalized spacial score (nSPS) is 17.0. The summed E-state index contributed by atoms with van der Waals surface area (Å²) < 4.78 is 11.6. The predicted octanol–water partition coefficient (Wildman–Crippen LogP) is 7.03. The number of aryl methyl sites for hydroxylation is 2. The second-order valence-electron chi connectivity index (χ2n) is 10.9. The van der Waals surface area contributed by atoms with Crippen LogP contribution in [0.4, 0.5) is 4.79 Å². The molecule has 6 nitrogen and oxygen atoms in total. The molecular formula is C33H37NO5S. The molecule has 0 N–H and O–H groups in total. The Morgan fingerprint density at radius 3 is 2.30 bits per heavy atom. The number of Topliss-reactive ketones (excluding diaryl/α,β-unsaturated/α-hetero) is 2. The fraction of sp³-hybridized carbons (Fsp3) is 0.364. The van der Waals surface area contributed by atoms with Crippen LogP contribution in [-0.2, 0) is 11.2 Å². The first-order valence-corrected chi connectivity index (χ1v) is 14.8. The van der Waals surface area contributed by atoms with Gasteiger partial charge in [-0.2, -0.15) is 0 Å². The van der Waals surface area contributed by atoms with Crippen LogP contribution in [0.2, 0.25) is 0 Å². The Labute approximate surface area is 241 Å². The molecular weight excluding hydrogens is 522 g/mol.